The van der Waals surface area contributed by atoms with E-state index in [0.717, 1.165) is 48.1 Å². The van der Waals surface area contributed by atoms with E-state index in [1.807, 2.05) is 18.2 Å². The van der Waals surface area contributed by atoms with Crippen molar-refractivity contribution in [3.63, 3.8) is 0 Å². The van der Waals surface area contributed by atoms with Crippen LogP contribution >= 0.6 is 11.8 Å². The molecular formula is C25H32N4OS. The lowest BCUT2D eigenvalue weighted by Gasteiger charge is -2.15. The Kier molecular flexibility index (Phi) is 8.71. The van der Waals surface area contributed by atoms with Crippen molar-refractivity contribution >= 4 is 17.7 Å². The molecule has 1 atom stereocenters. The van der Waals surface area contributed by atoms with Gasteiger partial charge in [-0.3, -0.25) is 9.36 Å². The van der Waals surface area contributed by atoms with Crippen LogP contribution in [0.5, 0.6) is 0 Å². The second-order valence-corrected chi connectivity index (χ2v) is 8.75. The Hall–Kier alpha value is -2.60. The maximum absolute atomic E-state index is 12.7. The lowest BCUT2D eigenvalue weighted by Crippen LogP contribution is -2.31. The summed E-state index contributed by atoms with van der Waals surface area (Å²) in [5.41, 5.74) is 3.45. The van der Waals surface area contributed by atoms with E-state index in [-0.39, 0.29) is 11.8 Å². The average Bonchev–Trinajstić information content (AvgIpc) is 3.20. The van der Waals surface area contributed by atoms with E-state index < -0.39 is 0 Å². The summed E-state index contributed by atoms with van der Waals surface area (Å²) >= 11 is 1.65. The number of carbonyl (C=O) groups is 1. The number of aryl methyl sites for hydroxylation is 1. The molecule has 3 aromatic rings. The second-order valence-electron chi connectivity index (χ2n) is 7.81. The monoisotopic (exact) mass is 436 g/mol. The molecule has 0 radical (unpaired) electrons. The highest BCUT2D eigenvalue weighted by Gasteiger charge is 2.19. The van der Waals surface area contributed by atoms with Crippen molar-refractivity contribution in [3.05, 3.63) is 71.5 Å². The molecule has 0 spiro atoms. The maximum Gasteiger partial charge on any atom is 0.223 e. The van der Waals surface area contributed by atoms with Crippen molar-refractivity contribution in [2.24, 2.45) is 5.92 Å². The van der Waals surface area contributed by atoms with Crippen LogP contribution in [0.25, 0.3) is 5.69 Å². The molecule has 0 bridgehead atoms. The number of hydrogen-bond acceptors (Lipinski definition) is 4. The molecule has 0 saturated carbocycles. The minimum atomic E-state index is 0.0580. The molecule has 0 aliphatic rings. The van der Waals surface area contributed by atoms with E-state index in [0.29, 0.717) is 6.54 Å². The molecule has 1 N–H and O–H groups in total. The highest BCUT2D eigenvalue weighted by molar-refractivity contribution is 7.98. The van der Waals surface area contributed by atoms with Crippen LogP contribution in [0, 0.1) is 12.8 Å². The highest BCUT2D eigenvalue weighted by atomic mass is 32.2. The van der Waals surface area contributed by atoms with E-state index in [2.05, 4.69) is 77.3 Å². The number of hydrogen-bond donors (Lipinski definition) is 1. The van der Waals surface area contributed by atoms with Crippen LogP contribution in [0.1, 0.15) is 56.5 Å². The number of aromatic nitrogens is 3. The summed E-state index contributed by atoms with van der Waals surface area (Å²) in [5.74, 6) is 1.72. The molecule has 1 unspecified atom stereocenters. The number of rotatable bonds is 11. The zero-order valence-corrected chi connectivity index (χ0v) is 19.5. The predicted molar refractivity (Wildman–Crippen MR) is 127 cm³/mol. The van der Waals surface area contributed by atoms with Crippen LogP contribution in [0.3, 0.4) is 0 Å². The number of unbranched alkanes of at least 4 members (excludes halogenated alkanes) is 1. The van der Waals surface area contributed by atoms with E-state index in [1.165, 1.54) is 11.1 Å². The fourth-order valence-corrected chi connectivity index (χ4v) is 4.39. The molecule has 164 valence electrons. The number of thioether (sulfide) groups is 1. The molecule has 0 aliphatic heterocycles. The lowest BCUT2D eigenvalue weighted by atomic mass is 9.98. The molecule has 2 aromatic carbocycles. The van der Waals surface area contributed by atoms with Gasteiger partial charge in [0.15, 0.2) is 11.0 Å². The molecule has 1 amide bonds. The first-order valence-corrected chi connectivity index (χ1v) is 12.1. The van der Waals surface area contributed by atoms with E-state index >= 15 is 0 Å². The Morgan fingerprint density at radius 3 is 2.48 bits per heavy atom. The number of nitrogens with one attached hydrogen (secondary N) is 1. The lowest BCUT2D eigenvalue weighted by molar-refractivity contribution is -0.125. The molecule has 0 fully saturated rings. The summed E-state index contributed by atoms with van der Waals surface area (Å²) in [5, 5.41) is 12.8. The zero-order valence-electron chi connectivity index (χ0n) is 18.7. The third-order valence-electron chi connectivity index (χ3n) is 5.39. The van der Waals surface area contributed by atoms with Crippen molar-refractivity contribution in [3.8, 4) is 5.69 Å². The van der Waals surface area contributed by atoms with Gasteiger partial charge < -0.3 is 5.32 Å². The fraction of sp³-hybridized carbons (Fsp3) is 0.400. The molecule has 1 heterocycles. The maximum atomic E-state index is 12.7. The summed E-state index contributed by atoms with van der Waals surface area (Å²) < 4.78 is 2.06. The molecule has 1 aromatic heterocycles. The molecule has 5 nitrogen and oxygen atoms in total. The second kappa shape index (κ2) is 11.7. The summed E-state index contributed by atoms with van der Waals surface area (Å²) in [6.07, 6.45) is 3.97. The molecule has 3 rings (SSSR count). The van der Waals surface area contributed by atoms with Crippen LogP contribution in [0.15, 0.2) is 59.8 Å². The molecule has 6 heteroatoms. The number of carbonyl (C=O) groups excluding carboxylic acids is 1. The summed E-state index contributed by atoms with van der Waals surface area (Å²) in [7, 11) is 0. The minimum absolute atomic E-state index is 0.0580. The highest BCUT2D eigenvalue weighted by Crippen LogP contribution is 2.25. The average molecular weight is 437 g/mol. The van der Waals surface area contributed by atoms with Gasteiger partial charge in [-0.1, -0.05) is 86.5 Å². The zero-order chi connectivity index (χ0) is 22.1. The van der Waals surface area contributed by atoms with Crippen LogP contribution in [-0.2, 0) is 17.1 Å². The summed E-state index contributed by atoms with van der Waals surface area (Å²) in [6.45, 7) is 6.67. The standard InChI is InChI=1S/C25H32N4OS/c1-4-6-12-21(5-2)24(30)26-17-23-27-28-25(31-18-20-10-8-7-9-11-20)29(23)22-15-13-19(3)14-16-22/h7-11,13-16,21H,4-6,12,17-18H2,1-3H3,(H,26,30). The number of amides is 1. The van der Waals surface area contributed by atoms with Crippen molar-refractivity contribution in [2.45, 2.75) is 63.9 Å². The topological polar surface area (TPSA) is 59.8 Å². The summed E-state index contributed by atoms with van der Waals surface area (Å²) in [6, 6.07) is 18.7. The first-order chi connectivity index (χ1) is 15.1. The first-order valence-electron chi connectivity index (χ1n) is 11.1. The van der Waals surface area contributed by atoms with Gasteiger partial charge in [0.2, 0.25) is 5.91 Å². The van der Waals surface area contributed by atoms with Gasteiger partial charge in [0.1, 0.15) is 0 Å². The number of benzene rings is 2. The Labute approximate surface area is 189 Å². The predicted octanol–water partition coefficient (Wildman–Crippen LogP) is 5.70. The first kappa shape index (κ1) is 23.1. The van der Waals surface area contributed by atoms with E-state index in [1.54, 1.807) is 11.8 Å². The Morgan fingerprint density at radius 1 is 1.06 bits per heavy atom. The minimum Gasteiger partial charge on any atom is -0.349 e. The SMILES string of the molecule is CCCCC(CC)C(=O)NCc1nnc(SCc2ccccc2)n1-c1ccc(C)cc1. The fourth-order valence-electron chi connectivity index (χ4n) is 3.47. The Bertz CT molecular complexity index is 953. The smallest absolute Gasteiger partial charge is 0.223 e. The molecule has 0 aliphatic carbocycles. The third kappa shape index (κ3) is 6.44. The summed E-state index contributed by atoms with van der Waals surface area (Å²) in [4.78, 5) is 12.7. The van der Waals surface area contributed by atoms with E-state index in [4.69, 9.17) is 0 Å². The van der Waals surface area contributed by atoms with Crippen LogP contribution in [-0.4, -0.2) is 20.7 Å². The van der Waals surface area contributed by atoms with Gasteiger partial charge in [0, 0.05) is 17.4 Å². The Morgan fingerprint density at radius 2 is 1.81 bits per heavy atom. The van der Waals surface area contributed by atoms with Gasteiger partial charge >= 0.3 is 0 Å². The van der Waals surface area contributed by atoms with Crippen LogP contribution < -0.4 is 5.32 Å². The normalized spacial score (nSPS) is 12.0. The van der Waals surface area contributed by atoms with Gasteiger partial charge in [-0.25, -0.2) is 0 Å². The van der Waals surface area contributed by atoms with Crippen molar-refractivity contribution in [1.29, 1.82) is 0 Å². The number of nitrogens with zero attached hydrogens (tertiary/aromatic N) is 3. The quantitative estimate of drug-likeness (QED) is 0.392. The van der Waals surface area contributed by atoms with Crippen molar-refractivity contribution in [1.82, 2.24) is 20.1 Å². The molecule has 0 saturated heterocycles. The van der Waals surface area contributed by atoms with Crippen LogP contribution in [0.4, 0.5) is 0 Å². The Balaban J connectivity index is 1.78. The van der Waals surface area contributed by atoms with Gasteiger partial charge in [-0.2, -0.15) is 0 Å². The van der Waals surface area contributed by atoms with Gasteiger partial charge in [-0.15, -0.1) is 10.2 Å². The van der Waals surface area contributed by atoms with E-state index in [9.17, 15) is 4.79 Å². The molecule has 31 heavy (non-hydrogen) atoms. The third-order valence-corrected chi connectivity index (χ3v) is 6.39. The van der Waals surface area contributed by atoms with Gasteiger partial charge in [0.05, 0.1) is 6.54 Å². The van der Waals surface area contributed by atoms with Crippen molar-refractivity contribution < 1.29 is 4.79 Å². The van der Waals surface area contributed by atoms with Gasteiger partial charge in [-0.05, 0) is 37.5 Å². The van der Waals surface area contributed by atoms with Crippen LogP contribution in [0.2, 0.25) is 0 Å². The molecular weight excluding hydrogens is 404 g/mol. The largest absolute Gasteiger partial charge is 0.349 e. The van der Waals surface area contributed by atoms with Gasteiger partial charge in [0.25, 0.3) is 0 Å². The van der Waals surface area contributed by atoms with Crippen molar-refractivity contribution in [2.75, 3.05) is 0 Å².